The molecule has 6 heteroatoms. The molecule has 0 aliphatic rings. The molecule has 2 N–H and O–H groups in total. The van der Waals surface area contributed by atoms with Crippen LogP contribution in [0.3, 0.4) is 0 Å². The second-order valence-electron chi connectivity index (χ2n) is 4.70. The number of aromatic nitrogens is 3. The first-order valence-corrected chi connectivity index (χ1v) is 6.26. The van der Waals surface area contributed by atoms with Gasteiger partial charge in [0.15, 0.2) is 5.65 Å². The molecule has 0 bridgehead atoms. The topological polar surface area (TPSA) is 79.5 Å². The van der Waals surface area contributed by atoms with E-state index in [0.29, 0.717) is 12.0 Å². The maximum Gasteiger partial charge on any atom is 0.254 e. The Balaban J connectivity index is 2.29. The number of nitrogens with zero attached hydrogens (tertiary/aromatic N) is 3. The molecule has 2 aromatic heterocycles. The predicted molar refractivity (Wildman–Crippen MR) is 71.1 cm³/mol. The van der Waals surface area contributed by atoms with Crippen LogP contribution in [0.1, 0.15) is 35.1 Å². The van der Waals surface area contributed by atoms with E-state index in [-0.39, 0.29) is 18.6 Å². The fraction of sp³-hybridized carbons (Fsp3) is 0.462. The molecule has 2 rings (SSSR count). The lowest BCUT2D eigenvalue weighted by Gasteiger charge is -2.13. The van der Waals surface area contributed by atoms with Crippen LogP contribution < -0.4 is 5.32 Å². The summed E-state index contributed by atoms with van der Waals surface area (Å²) in [5, 5.41) is 16.0. The number of aliphatic hydroxyl groups excluding tert-OH is 1. The Morgan fingerprint density at radius 2 is 2.26 bits per heavy atom. The molecular weight excluding hydrogens is 244 g/mol. The monoisotopic (exact) mass is 262 g/mol. The van der Waals surface area contributed by atoms with Gasteiger partial charge in [0.25, 0.3) is 5.91 Å². The molecule has 0 aliphatic heterocycles. The number of carbonyl (C=O) groups excluding carboxylic acids is 1. The minimum absolute atomic E-state index is 0.0517. The summed E-state index contributed by atoms with van der Waals surface area (Å²) in [5.74, 6) is -0.194. The molecule has 0 radical (unpaired) electrons. The molecule has 0 spiro atoms. The van der Waals surface area contributed by atoms with E-state index in [2.05, 4.69) is 15.4 Å². The first kappa shape index (κ1) is 13.5. The third-order valence-corrected chi connectivity index (χ3v) is 3.03. The molecule has 6 nitrogen and oxygen atoms in total. The van der Waals surface area contributed by atoms with Crippen LogP contribution in [0.2, 0.25) is 0 Å². The van der Waals surface area contributed by atoms with E-state index in [0.717, 1.165) is 17.0 Å². The predicted octanol–water partition coefficient (Wildman–Crippen LogP) is 0.847. The number of fused-ring (bicyclic) bond motifs is 1. The van der Waals surface area contributed by atoms with E-state index in [9.17, 15) is 4.79 Å². The molecule has 2 aromatic rings. The lowest BCUT2D eigenvalue weighted by Crippen LogP contribution is -2.34. The number of amides is 1. The Labute approximate surface area is 111 Å². The van der Waals surface area contributed by atoms with E-state index in [1.54, 1.807) is 10.7 Å². The second kappa shape index (κ2) is 5.36. The Morgan fingerprint density at radius 3 is 2.95 bits per heavy atom. The van der Waals surface area contributed by atoms with Crippen LogP contribution in [0, 0.1) is 13.8 Å². The van der Waals surface area contributed by atoms with Gasteiger partial charge in [-0.3, -0.25) is 4.79 Å². The quantitative estimate of drug-likeness (QED) is 0.856. The van der Waals surface area contributed by atoms with Crippen LogP contribution in [-0.4, -0.2) is 38.3 Å². The molecule has 0 aliphatic carbocycles. The van der Waals surface area contributed by atoms with Gasteiger partial charge in [0.2, 0.25) is 0 Å². The van der Waals surface area contributed by atoms with Gasteiger partial charge in [-0.25, -0.2) is 9.50 Å². The third-order valence-electron chi connectivity index (χ3n) is 3.03. The summed E-state index contributed by atoms with van der Waals surface area (Å²) in [6, 6.07) is 1.79. The van der Waals surface area contributed by atoms with Crippen LogP contribution in [-0.2, 0) is 0 Å². The molecular formula is C13H18N4O2. The standard InChI is InChI=1S/C13H18N4O2/c1-8(4-5-18)15-13(19)11-7-14-12-6-9(2)16-17(12)10(11)3/h6-8,18H,4-5H2,1-3H3,(H,15,19). The lowest BCUT2D eigenvalue weighted by molar-refractivity contribution is 0.0932. The summed E-state index contributed by atoms with van der Waals surface area (Å²) in [7, 11) is 0. The van der Waals surface area contributed by atoms with Crippen molar-refractivity contribution in [2.75, 3.05) is 6.61 Å². The molecule has 2 heterocycles. The summed E-state index contributed by atoms with van der Waals surface area (Å²) >= 11 is 0. The molecule has 102 valence electrons. The van der Waals surface area contributed by atoms with Crippen LogP contribution in [0.5, 0.6) is 0 Å². The molecule has 0 saturated carbocycles. The molecule has 1 atom stereocenters. The highest BCUT2D eigenvalue weighted by Gasteiger charge is 2.15. The molecule has 0 aromatic carbocycles. The highest BCUT2D eigenvalue weighted by Crippen LogP contribution is 2.11. The number of nitrogens with one attached hydrogen (secondary N) is 1. The Kier molecular flexibility index (Phi) is 3.80. The number of hydrogen-bond donors (Lipinski definition) is 2. The fourth-order valence-electron chi connectivity index (χ4n) is 1.95. The van der Waals surface area contributed by atoms with Crippen molar-refractivity contribution < 1.29 is 9.90 Å². The number of aryl methyl sites for hydroxylation is 2. The van der Waals surface area contributed by atoms with Crippen LogP contribution in [0.25, 0.3) is 5.65 Å². The summed E-state index contributed by atoms with van der Waals surface area (Å²) < 4.78 is 1.67. The van der Waals surface area contributed by atoms with Gasteiger partial charge in [-0.1, -0.05) is 0 Å². The maximum absolute atomic E-state index is 12.1. The van der Waals surface area contributed by atoms with Crippen molar-refractivity contribution in [3.05, 3.63) is 29.2 Å². The largest absolute Gasteiger partial charge is 0.396 e. The number of carbonyl (C=O) groups is 1. The smallest absolute Gasteiger partial charge is 0.254 e. The van der Waals surface area contributed by atoms with Gasteiger partial charge in [0, 0.05) is 24.9 Å². The van der Waals surface area contributed by atoms with E-state index >= 15 is 0 Å². The van der Waals surface area contributed by atoms with Crippen LogP contribution >= 0.6 is 0 Å². The fourth-order valence-corrected chi connectivity index (χ4v) is 1.95. The normalized spacial score (nSPS) is 12.6. The zero-order chi connectivity index (χ0) is 14.0. The highest BCUT2D eigenvalue weighted by molar-refractivity contribution is 5.95. The summed E-state index contributed by atoms with van der Waals surface area (Å²) in [5.41, 5.74) is 2.85. The summed E-state index contributed by atoms with van der Waals surface area (Å²) in [4.78, 5) is 16.4. The van der Waals surface area contributed by atoms with E-state index in [1.165, 1.54) is 0 Å². The van der Waals surface area contributed by atoms with Crippen LogP contribution in [0.15, 0.2) is 12.3 Å². The Hall–Kier alpha value is -1.95. The first-order chi connectivity index (χ1) is 9.02. The minimum atomic E-state index is -0.194. The highest BCUT2D eigenvalue weighted by atomic mass is 16.3. The molecule has 0 fully saturated rings. The Bertz CT molecular complexity index is 606. The molecule has 1 amide bonds. The van der Waals surface area contributed by atoms with Gasteiger partial charge in [-0.2, -0.15) is 5.10 Å². The third kappa shape index (κ3) is 2.73. The average Bonchev–Trinajstić information content (AvgIpc) is 2.71. The molecule has 0 saturated heterocycles. The SMILES string of the molecule is Cc1cc2ncc(C(=O)NC(C)CCO)c(C)n2n1. The van der Waals surface area contributed by atoms with E-state index in [1.807, 2.05) is 26.8 Å². The van der Waals surface area contributed by atoms with E-state index < -0.39 is 0 Å². The first-order valence-electron chi connectivity index (χ1n) is 6.26. The van der Waals surface area contributed by atoms with Gasteiger partial charge in [0.1, 0.15) is 0 Å². The average molecular weight is 262 g/mol. The lowest BCUT2D eigenvalue weighted by atomic mass is 10.2. The van der Waals surface area contributed by atoms with Gasteiger partial charge in [-0.15, -0.1) is 0 Å². The minimum Gasteiger partial charge on any atom is -0.396 e. The van der Waals surface area contributed by atoms with E-state index in [4.69, 9.17) is 5.11 Å². The molecule has 19 heavy (non-hydrogen) atoms. The maximum atomic E-state index is 12.1. The van der Waals surface area contributed by atoms with Crippen molar-refractivity contribution in [2.45, 2.75) is 33.2 Å². The summed E-state index contributed by atoms with van der Waals surface area (Å²) in [6.45, 7) is 5.63. The van der Waals surface area contributed by atoms with Crippen molar-refractivity contribution in [2.24, 2.45) is 0 Å². The summed E-state index contributed by atoms with van der Waals surface area (Å²) in [6.07, 6.45) is 2.09. The van der Waals surface area contributed by atoms with Crippen molar-refractivity contribution in [1.29, 1.82) is 0 Å². The second-order valence-corrected chi connectivity index (χ2v) is 4.70. The van der Waals surface area contributed by atoms with Gasteiger partial charge < -0.3 is 10.4 Å². The van der Waals surface area contributed by atoms with Crippen molar-refractivity contribution >= 4 is 11.6 Å². The van der Waals surface area contributed by atoms with Gasteiger partial charge in [0.05, 0.1) is 17.0 Å². The zero-order valence-electron chi connectivity index (χ0n) is 11.3. The Morgan fingerprint density at radius 1 is 1.53 bits per heavy atom. The van der Waals surface area contributed by atoms with Crippen LogP contribution in [0.4, 0.5) is 0 Å². The number of rotatable bonds is 4. The zero-order valence-corrected chi connectivity index (χ0v) is 11.3. The van der Waals surface area contributed by atoms with Crippen molar-refractivity contribution in [1.82, 2.24) is 19.9 Å². The number of aliphatic hydroxyl groups is 1. The van der Waals surface area contributed by atoms with Crippen molar-refractivity contribution in [3.63, 3.8) is 0 Å². The molecule has 1 unspecified atom stereocenters. The van der Waals surface area contributed by atoms with Crippen molar-refractivity contribution in [3.8, 4) is 0 Å². The van der Waals surface area contributed by atoms with Gasteiger partial charge in [-0.05, 0) is 27.2 Å². The number of hydrogen-bond acceptors (Lipinski definition) is 4. The van der Waals surface area contributed by atoms with Gasteiger partial charge >= 0.3 is 0 Å².